The molecule has 1 fully saturated rings. The van der Waals surface area contributed by atoms with Crippen molar-refractivity contribution >= 4 is 5.78 Å². The van der Waals surface area contributed by atoms with Gasteiger partial charge in [0.1, 0.15) is 0 Å². The van der Waals surface area contributed by atoms with E-state index < -0.39 is 0 Å². The summed E-state index contributed by atoms with van der Waals surface area (Å²) in [5.74, 6) is 0.248. The summed E-state index contributed by atoms with van der Waals surface area (Å²) in [5.41, 5.74) is 0.432. The first-order chi connectivity index (χ1) is 6.72. The number of carbonyl (C=O) groups excluding carboxylic acids is 1. The van der Waals surface area contributed by atoms with Crippen LogP contribution in [-0.2, 0) is 9.53 Å². The van der Waals surface area contributed by atoms with E-state index in [9.17, 15) is 4.79 Å². The van der Waals surface area contributed by atoms with Crippen molar-refractivity contribution in [3.63, 3.8) is 0 Å². The van der Waals surface area contributed by atoms with Crippen LogP contribution in [0.5, 0.6) is 0 Å². The smallest absolute Gasteiger partial charge is 0.167 e. The predicted molar refractivity (Wildman–Crippen MR) is 61.6 cm³/mol. The summed E-state index contributed by atoms with van der Waals surface area (Å²) in [6, 6.07) is 0. The minimum absolute atomic E-state index is 0.203. The van der Waals surface area contributed by atoms with Crippen molar-refractivity contribution in [2.45, 2.75) is 59.5 Å². The maximum atomic E-state index is 12.0. The van der Waals surface area contributed by atoms with Crippen LogP contribution in [0.25, 0.3) is 0 Å². The molecule has 0 N–H and O–H groups in total. The summed E-state index contributed by atoms with van der Waals surface area (Å²) in [7, 11) is 0. The molecule has 0 radical (unpaired) electrons. The lowest BCUT2D eigenvalue weighted by molar-refractivity contribution is -0.125. The van der Waals surface area contributed by atoms with Crippen LogP contribution in [0.15, 0.2) is 11.8 Å². The Kier molecular flexibility index (Phi) is 3.27. The van der Waals surface area contributed by atoms with Gasteiger partial charge in [-0.25, -0.2) is 0 Å². The third kappa shape index (κ3) is 3.37. The van der Waals surface area contributed by atoms with Gasteiger partial charge in [-0.2, -0.15) is 0 Å². The number of allylic oxidation sites excluding steroid dienone is 1. The van der Waals surface area contributed by atoms with Crippen LogP contribution in [0.1, 0.15) is 53.9 Å². The molecule has 15 heavy (non-hydrogen) atoms. The van der Waals surface area contributed by atoms with Crippen molar-refractivity contribution in [2.75, 3.05) is 0 Å². The van der Waals surface area contributed by atoms with E-state index in [1.807, 2.05) is 34.6 Å². The molecule has 0 unspecified atom stereocenters. The Hall–Kier alpha value is -0.790. The fraction of sp³-hybridized carbons (Fsp3) is 0.769. The van der Waals surface area contributed by atoms with E-state index in [0.717, 1.165) is 24.8 Å². The topological polar surface area (TPSA) is 26.3 Å². The van der Waals surface area contributed by atoms with Crippen LogP contribution in [0.3, 0.4) is 0 Å². The number of rotatable bonds is 1. The number of ether oxygens (including phenoxy) is 1. The molecule has 0 bridgehead atoms. The van der Waals surface area contributed by atoms with Crippen LogP contribution >= 0.6 is 0 Å². The van der Waals surface area contributed by atoms with Gasteiger partial charge in [0.15, 0.2) is 5.78 Å². The lowest BCUT2D eigenvalue weighted by Crippen LogP contribution is -2.30. The maximum absolute atomic E-state index is 12.0. The SMILES string of the molecule is CC(C)(C)OC=C1CCCC(C)(C)C1=O. The van der Waals surface area contributed by atoms with Gasteiger partial charge >= 0.3 is 0 Å². The third-order valence-electron chi connectivity index (χ3n) is 2.71. The zero-order chi connectivity index (χ0) is 11.7. The van der Waals surface area contributed by atoms with Gasteiger partial charge in [-0.3, -0.25) is 4.79 Å². The van der Waals surface area contributed by atoms with Gasteiger partial charge in [0.05, 0.1) is 11.9 Å². The first kappa shape index (κ1) is 12.3. The molecule has 0 aromatic rings. The van der Waals surface area contributed by atoms with E-state index in [2.05, 4.69) is 0 Å². The highest BCUT2D eigenvalue weighted by molar-refractivity contribution is 5.99. The second-order valence-corrected chi connectivity index (χ2v) is 5.94. The number of hydrogen-bond acceptors (Lipinski definition) is 2. The first-order valence-corrected chi connectivity index (χ1v) is 5.64. The van der Waals surface area contributed by atoms with E-state index in [1.54, 1.807) is 6.26 Å². The van der Waals surface area contributed by atoms with Crippen molar-refractivity contribution in [1.82, 2.24) is 0 Å². The minimum Gasteiger partial charge on any atom is -0.495 e. The van der Waals surface area contributed by atoms with Gasteiger partial charge in [-0.15, -0.1) is 0 Å². The molecule has 0 heterocycles. The molecular weight excluding hydrogens is 188 g/mol. The summed E-state index contributed by atoms with van der Waals surface area (Å²) in [5, 5.41) is 0. The summed E-state index contributed by atoms with van der Waals surface area (Å²) in [6.45, 7) is 9.99. The van der Waals surface area contributed by atoms with Crippen molar-refractivity contribution < 1.29 is 9.53 Å². The summed E-state index contributed by atoms with van der Waals surface area (Å²) in [4.78, 5) is 12.0. The second-order valence-electron chi connectivity index (χ2n) is 5.94. The fourth-order valence-electron chi connectivity index (χ4n) is 1.74. The van der Waals surface area contributed by atoms with Crippen molar-refractivity contribution in [3.8, 4) is 0 Å². The van der Waals surface area contributed by atoms with Crippen molar-refractivity contribution in [3.05, 3.63) is 11.8 Å². The van der Waals surface area contributed by atoms with Gasteiger partial charge in [-0.05, 0) is 40.0 Å². The highest BCUT2D eigenvalue weighted by Crippen LogP contribution is 2.35. The second kappa shape index (κ2) is 3.99. The zero-order valence-electron chi connectivity index (χ0n) is 10.5. The van der Waals surface area contributed by atoms with Gasteiger partial charge in [0.25, 0.3) is 0 Å². The highest BCUT2D eigenvalue weighted by Gasteiger charge is 2.33. The molecule has 1 saturated carbocycles. The highest BCUT2D eigenvalue weighted by atomic mass is 16.5. The quantitative estimate of drug-likeness (QED) is 0.489. The molecule has 0 spiro atoms. The molecule has 0 amide bonds. The Morgan fingerprint density at radius 3 is 2.47 bits per heavy atom. The molecule has 1 aliphatic carbocycles. The van der Waals surface area contributed by atoms with Crippen LogP contribution < -0.4 is 0 Å². The molecule has 1 rings (SSSR count). The number of Topliss-reactive ketones (excluding diaryl/α,β-unsaturated/α-hetero) is 1. The average molecular weight is 210 g/mol. The monoisotopic (exact) mass is 210 g/mol. The predicted octanol–water partition coefficient (Wildman–Crippen LogP) is 3.46. The number of ketones is 1. The summed E-state index contributed by atoms with van der Waals surface area (Å²) in [6.07, 6.45) is 4.60. The van der Waals surface area contributed by atoms with E-state index in [1.165, 1.54) is 0 Å². The lowest BCUT2D eigenvalue weighted by Gasteiger charge is -2.30. The molecular formula is C13H22O2. The number of hydrogen-bond donors (Lipinski definition) is 0. The minimum atomic E-state index is -0.213. The van der Waals surface area contributed by atoms with Crippen LogP contribution in [-0.4, -0.2) is 11.4 Å². The molecule has 2 heteroatoms. The van der Waals surface area contributed by atoms with Crippen molar-refractivity contribution in [2.24, 2.45) is 5.41 Å². The largest absolute Gasteiger partial charge is 0.495 e. The van der Waals surface area contributed by atoms with Crippen LogP contribution in [0, 0.1) is 5.41 Å². The molecule has 86 valence electrons. The molecule has 0 atom stereocenters. The van der Waals surface area contributed by atoms with Gasteiger partial charge in [0.2, 0.25) is 0 Å². The molecule has 0 saturated heterocycles. The lowest BCUT2D eigenvalue weighted by atomic mass is 9.74. The zero-order valence-corrected chi connectivity index (χ0v) is 10.5. The van der Waals surface area contributed by atoms with Gasteiger partial charge in [0, 0.05) is 11.0 Å². The Bertz CT molecular complexity index is 279. The Morgan fingerprint density at radius 1 is 1.33 bits per heavy atom. The summed E-state index contributed by atoms with van der Waals surface area (Å²) < 4.78 is 5.55. The average Bonchev–Trinajstić information content (AvgIpc) is 2.06. The normalized spacial score (nSPS) is 24.3. The number of carbonyl (C=O) groups is 1. The fourth-order valence-corrected chi connectivity index (χ4v) is 1.74. The van der Waals surface area contributed by atoms with Gasteiger partial charge < -0.3 is 4.74 Å². The molecule has 0 aromatic heterocycles. The Morgan fingerprint density at radius 2 is 1.93 bits per heavy atom. The van der Waals surface area contributed by atoms with Gasteiger partial charge in [-0.1, -0.05) is 13.8 Å². The van der Waals surface area contributed by atoms with Crippen LogP contribution in [0.2, 0.25) is 0 Å². The Labute approximate surface area is 92.7 Å². The molecule has 0 aliphatic heterocycles. The van der Waals surface area contributed by atoms with E-state index in [0.29, 0.717) is 0 Å². The van der Waals surface area contributed by atoms with E-state index in [-0.39, 0.29) is 16.8 Å². The molecule has 1 aliphatic rings. The maximum Gasteiger partial charge on any atom is 0.167 e. The van der Waals surface area contributed by atoms with E-state index >= 15 is 0 Å². The summed E-state index contributed by atoms with van der Waals surface area (Å²) >= 11 is 0. The Balaban J connectivity index is 2.74. The first-order valence-electron chi connectivity index (χ1n) is 5.64. The van der Waals surface area contributed by atoms with E-state index in [4.69, 9.17) is 4.74 Å². The van der Waals surface area contributed by atoms with Crippen molar-refractivity contribution in [1.29, 1.82) is 0 Å². The third-order valence-corrected chi connectivity index (χ3v) is 2.71. The standard InChI is InChI=1S/C13H22O2/c1-12(2,3)15-9-10-7-6-8-13(4,5)11(10)14/h9H,6-8H2,1-5H3. The van der Waals surface area contributed by atoms with Crippen LogP contribution in [0.4, 0.5) is 0 Å². The molecule has 2 nitrogen and oxygen atoms in total. The molecule has 0 aromatic carbocycles.